The molecule has 0 bridgehead atoms. The Hall–Kier alpha value is -2.90. The molecule has 0 aromatic heterocycles. The van der Waals surface area contributed by atoms with Crippen LogP contribution in [0.5, 0.6) is 0 Å². The van der Waals surface area contributed by atoms with Gasteiger partial charge in [-0.1, -0.05) is 24.3 Å². The van der Waals surface area contributed by atoms with Gasteiger partial charge in [-0.15, -0.1) is 0 Å². The molecule has 0 radical (unpaired) electrons. The zero-order chi connectivity index (χ0) is 15.8. The van der Waals surface area contributed by atoms with Crippen molar-refractivity contribution in [2.24, 2.45) is 5.73 Å². The number of imide groups is 1. The van der Waals surface area contributed by atoms with E-state index in [4.69, 9.17) is 16.2 Å². The predicted molar refractivity (Wildman–Crippen MR) is 72.7 cm³/mol. The lowest BCUT2D eigenvalue weighted by molar-refractivity contribution is -0.142. The number of carbonyl (C=O) groups is 3. The molecule has 0 saturated carbocycles. The van der Waals surface area contributed by atoms with E-state index >= 15 is 0 Å². The molecule has 2 rings (SSSR count). The van der Waals surface area contributed by atoms with E-state index in [1.165, 1.54) is 6.92 Å². The number of benzene rings is 1. The van der Waals surface area contributed by atoms with Gasteiger partial charge in [0.1, 0.15) is 17.9 Å². The first-order chi connectivity index (χ1) is 9.75. The summed E-state index contributed by atoms with van der Waals surface area (Å²) in [6.45, 7) is 0.809. The van der Waals surface area contributed by atoms with Crippen LogP contribution in [-0.4, -0.2) is 40.3 Å². The van der Waals surface area contributed by atoms with Crippen LogP contribution in [0, 0.1) is 5.41 Å². The van der Waals surface area contributed by atoms with E-state index in [1.807, 2.05) is 0 Å². The van der Waals surface area contributed by atoms with Crippen LogP contribution in [0.15, 0.2) is 24.3 Å². The first-order valence-electron chi connectivity index (χ1n) is 6.06. The number of nitrogens with one attached hydrogen (secondary N) is 2. The van der Waals surface area contributed by atoms with Crippen LogP contribution >= 0.6 is 0 Å². The maximum Gasteiger partial charge on any atom is 0.325 e. The van der Waals surface area contributed by atoms with Gasteiger partial charge in [-0.25, -0.2) is 4.79 Å². The number of nitrogens with two attached hydrogens (primary N) is 1. The fraction of sp³-hybridized carbons (Fsp3) is 0.231. The van der Waals surface area contributed by atoms with Gasteiger partial charge >= 0.3 is 12.0 Å². The summed E-state index contributed by atoms with van der Waals surface area (Å²) in [4.78, 5) is 35.4. The average molecular weight is 290 g/mol. The number of amidine groups is 1. The Morgan fingerprint density at radius 1 is 1.38 bits per heavy atom. The van der Waals surface area contributed by atoms with Crippen molar-refractivity contribution in [1.29, 1.82) is 5.41 Å². The molecule has 0 unspecified atom stereocenters. The van der Waals surface area contributed by atoms with Gasteiger partial charge in [0.2, 0.25) is 0 Å². The van der Waals surface area contributed by atoms with Crippen molar-refractivity contribution in [2.45, 2.75) is 12.5 Å². The number of carboxylic acids is 1. The second kappa shape index (κ2) is 4.89. The van der Waals surface area contributed by atoms with E-state index in [9.17, 15) is 14.4 Å². The summed E-state index contributed by atoms with van der Waals surface area (Å²) >= 11 is 0. The molecule has 3 amide bonds. The number of urea groups is 1. The number of amides is 3. The summed E-state index contributed by atoms with van der Waals surface area (Å²) in [5.41, 5.74) is 4.99. The summed E-state index contributed by atoms with van der Waals surface area (Å²) in [7, 11) is 0. The summed E-state index contributed by atoms with van der Waals surface area (Å²) in [5, 5.41) is 18.5. The Morgan fingerprint density at radius 3 is 2.43 bits per heavy atom. The average Bonchev–Trinajstić information content (AvgIpc) is 2.63. The van der Waals surface area contributed by atoms with E-state index in [2.05, 4.69) is 5.32 Å². The van der Waals surface area contributed by atoms with Crippen molar-refractivity contribution < 1.29 is 19.5 Å². The van der Waals surface area contributed by atoms with Gasteiger partial charge in [0.15, 0.2) is 0 Å². The van der Waals surface area contributed by atoms with Crippen LogP contribution < -0.4 is 11.1 Å². The highest BCUT2D eigenvalue weighted by molar-refractivity contribution is 6.08. The number of hydrogen-bond donors (Lipinski definition) is 4. The Kier molecular flexibility index (Phi) is 3.38. The molecule has 1 fully saturated rings. The summed E-state index contributed by atoms with van der Waals surface area (Å²) in [5.74, 6) is -2.01. The lowest BCUT2D eigenvalue weighted by Gasteiger charge is -2.22. The highest BCUT2D eigenvalue weighted by Gasteiger charge is 2.49. The topological polar surface area (TPSA) is 137 Å². The molecule has 0 spiro atoms. The maximum atomic E-state index is 12.3. The highest BCUT2D eigenvalue weighted by atomic mass is 16.4. The molecule has 1 aliphatic rings. The normalized spacial score (nSPS) is 21.3. The zero-order valence-electron chi connectivity index (χ0n) is 11.2. The van der Waals surface area contributed by atoms with E-state index in [0.717, 1.165) is 0 Å². The molecule has 0 aliphatic carbocycles. The Morgan fingerprint density at radius 2 is 1.95 bits per heavy atom. The van der Waals surface area contributed by atoms with E-state index < -0.39 is 30.0 Å². The van der Waals surface area contributed by atoms with Gasteiger partial charge in [0.25, 0.3) is 5.91 Å². The molecule has 110 valence electrons. The first kappa shape index (κ1) is 14.5. The number of nitrogens with zero attached hydrogens (tertiary/aromatic N) is 1. The van der Waals surface area contributed by atoms with Crippen molar-refractivity contribution >= 4 is 23.7 Å². The second-order valence-electron chi connectivity index (χ2n) is 4.83. The third kappa shape index (κ3) is 2.42. The number of rotatable bonds is 4. The molecule has 1 aromatic carbocycles. The SMILES string of the molecule is C[C@]1(c2ccc(C(=N)N)cc2)NC(=O)N(CC(=O)O)C1=O. The lowest BCUT2D eigenvalue weighted by Crippen LogP contribution is -2.41. The molecule has 1 atom stereocenters. The number of carbonyl (C=O) groups excluding carboxylic acids is 2. The molecular weight excluding hydrogens is 276 g/mol. The molecular formula is C13H14N4O4. The fourth-order valence-electron chi connectivity index (χ4n) is 2.15. The molecule has 1 heterocycles. The van der Waals surface area contributed by atoms with Crippen LogP contribution in [0.25, 0.3) is 0 Å². The third-order valence-corrected chi connectivity index (χ3v) is 3.34. The molecule has 1 aromatic rings. The molecule has 21 heavy (non-hydrogen) atoms. The third-order valence-electron chi connectivity index (χ3n) is 3.34. The zero-order valence-corrected chi connectivity index (χ0v) is 11.2. The van der Waals surface area contributed by atoms with Crippen LogP contribution in [0.1, 0.15) is 18.1 Å². The standard InChI is InChI=1S/C13H14N4O4/c1-13(8-4-2-7(3-5-8)10(14)15)11(20)17(6-9(18)19)12(21)16-13/h2-5H,6H2,1H3,(H3,14,15)(H,16,21)(H,18,19)/t13-/m1/s1. The molecule has 8 nitrogen and oxygen atoms in total. The number of aliphatic carboxylic acids is 1. The van der Waals surface area contributed by atoms with Crippen LogP contribution in [0.2, 0.25) is 0 Å². The van der Waals surface area contributed by atoms with Gasteiger partial charge < -0.3 is 16.2 Å². The van der Waals surface area contributed by atoms with Crippen molar-refractivity contribution in [3.05, 3.63) is 35.4 Å². The van der Waals surface area contributed by atoms with Crippen molar-refractivity contribution in [1.82, 2.24) is 10.2 Å². The molecule has 8 heteroatoms. The van der Waals surface area contributed by atoms with E-state index in [0.29, 0.717) is 16.0 Å². The van der Waals surface area contributed by atoms with Crippen LogP contribution in [0.4, 0.5) is 4.79 Å². The largest absolute Gasteiger partial charge is 0.480 e. The van der Waals surface area contributed by atoms with Gasteiger partial charge in [-0.3, -0.25) is 19.9 Å². The summed E-state index contributed by atoms with van der Waals surface area (Å²) in [6, 6.07) is 5.50. The number of carboxylic acid groups (broad SMARTS) is 1. The Balaban J connectivity index is 2.34. The second-order valence-corrected chi connectivity index (χ2v) is 4.83. The quantitative estimate of drug-likeness (QED) is 0.346. The number of hydrogen-bond acceptors (Lipinski definition) is 4. The minimum Gasteiger partial charge on any atom is -0.480 e. The maximum absolute atomic E-state index is 12.3. The van der Waals surface area contributed by atoms with Crippen molar-refractivity contribution in [3.63, 3.8) is 0 Å². The minimum absolute atomic E-state index is 0.110. The van der Waals surface area contributed by atoms with Crippen LogP contribution in [-0.2, 0) is 15.1 Å². The smallest absolute Gasteiger partial charge is 0.325 e. The van der Waals surface area contributed by atoms with Gasteiger partial charge in [0.05, 0.1) is 0 Å². The summed E-state index contributed by atoms with van der Waals surface area (Å²) < 4.78 is 0. The first-order valence-corrected chi connectivity index (χ1v) is 6.06. The highest BCUT2D eigenvalue weighted by Crippen LogP contribution is 2.28. The van der Waals surface area contributed by atoms with Gasteiger partial charge in [-0.2, -0.15) is 0 Å². The van der Waals surface area contributed by atoms with Gasteiger partial charge in [0, 0.05) is 5.56 Å². The fourth-order valence-corrected chi connectivity index (χ4v) is 2.15. The van der Waals surface area contributed by atoms with Crippen molar-refractivity contribution in [2.75, 3.05) is 6.54 Å². The van der Waals surface area contributed by atoms with E-state index in [-0.39, 0.29) is 5.84 Å². The van der Waals surface area contributed by atoms with Crippen LogP contribution in [0.3, 0.4) is 0 Å². The molecule has 1 saturated heterocycles. The minimum atomic E-state index is -1.33. The summed E-state index contributed by atoms with van der Waals surface area (Å²) in [6.07, 6.45) is 0. The van der Waals surface area contributed by atoms with Gasteiger partial charge in [-0.05, 0) is 12.5 Å². The molecule has 5 N–H and O–H groups in total. The Labute approximate surface area is 120 Å². The van der Waals surface area contributed by atoms with Crippen molar-refractivity contribution in [3.8, 4) is 0 Å². The predicted octanol–water partition coefficient (Wildman–Crippen LogP) is -0.178. The monoisotopic (exact) mass is 290 g/mol. The molecule has 1 aliphatic heterocycles. The lowest BCUT2D eigenvalue weighted by atomic mass is 9.91. The Bertz CT molecular complexity index is 640. The number of nitrogen functional groups attached to an aromatic ring is 1. The van der Waals surface area contributed by atoms with E-state index in [1.54, 1.807) is 24.3 Å².